The van der Waals surface area contributed by atoms with Crippen molar-refractivity contribution < 1.29 is 9.47 Å². The summed E-state index contributed by atoms with van der Waals surface area (Å²) < 4.78 is 11.0. The lowest BCUT2D eigenvalue weighted by Crippen LogP contribution is -2.38. The second-order valence-corrected chi connectivity index (χ2v) is 7.85. The fourth-order valence-corrected chi connectivity index (χ4v) is 4.44. The summed E-state index contributed by atoms with van der Waals surface area (Å²) in [7, 11) is 1.72. The summed E-state index contributed by atoms with van der Waals surface area (Å²) in [5, 5.41) is 0. The predicted molar refractivity (Wildman–Crippen MR) is 112 cm³/mol. The maximum absolute atomic E-state index is 12.4. The van der Waals surface area contributed by atoms with Crippen molar-refractivity contribution in [3.05, 3.63) is 52.3 Å². The molecule has 0 bridgehead atoms. The molecule has 0 unspecified atom stereocenters. The normalized spacial score (nSPS) is 22.5. The van der Waals surface area contributed by atoms with Crippen LogP contribution in [-0.4, -0.2) is 51.0 Å². The van der Waals surface area contributed by atoms with Crippen molar-refractivity contribution >= 4 is 11.5 Å². The van der Waals surface area contributed by atoms with Crippen LogP contribution in [0.15, 0.2) is 41.2 Å². The molecule has 28 heavy (non-hydrogen) atoms. The zero-order valence-corrected chi connectivity index (χ0v) is 16.7. The molecule has 150 valence electrons. The van der Waals surface area contributed by atoms with E-state index in [1.54, 1.807) is 13.2 Å². The maximum Gasteiger partial charge on any atom is 0.251 e. The standard InChI is InChI=1S/C22H29N3O3/c1-16-11-19(12-17-5-3-4-6-20(17)27-2)25(15-16)21-13-18(14-22(26)23-21)24-7-9-28-10-8-24/h3-6,13-14,16,19H,7-12,15H2,1-2H3,(H,23,26)/t16-,19-/m1/s1. The number of aromatic amines is 1. The number of methoxy groups -OCH3 is 1. The fraction of sp³-hybridized carbons (Fsp3) is 0.500. The minimum Gasteiger partial charge on any atom is -0.496 e. The van der Waals surface area contributed by atoms with Gasteiger partial charge in [-0.3, -0.25) is 4.79 Å². The Morgan fingerprint density at radius 3 is 2.79 bits per heavy atom. The van der Waals surface area contributed by atoms with Crippen LogP contribution in [-0.2, 0) is 11.2 Å². The van der Waals surface area contributed by atoms with Gasteiger partial charge in [0.05, 0.1) is 20.3 Å². The van der Waals surface area contributed by atoms with Gasteiger partial charge in [-0.15, -0.1) is 0 Å². The van der Waals surface area contributed by atoms with Crippen molar-refractivity contribution in [2.24, 2.45) is 5.92 Å². The van der Waals surface area contributed by atoms with Crippen LogP contribution in [0.4, 0.5) is 11.5 Å². The second-order valence-electron chi connectivity index (χ2n) is 7.85. The molecule has 3 heterocycles. The summed E-state index contributed by atoms with van der Waals surface area (Å²) in [6.45, 7) is 6.29. The molecule has 1 aromatic heterocycles. The van der Waals surface area contributed by atoms with E-state index in [2.05, 4.69) is 39.9 Å². The van der Waals surface area contributed by atoms with Crippen LogP contribution >= 0.6 is 0 Å². The van der Waals surface area contributed by atoms with Gasteiger partial charge in [0.2, 0.25) is 0 Å². The monoisotopic (exact) mass is 383 g/mol. The van der Waals surface area contributed by atoms with Crippen molar-refractivity contribution in [3.8, 4) is 5.75 Å². The first kappa shape index (κ1) is 18.9. The van der Waals surface area contributed by atoms with Gasteiger partial charge in [0.25, 0.3) is 5.56 Å². The van der Waals surface area contributed by atoms with E-state index in [1.165, 1.54) is 5.56 Å². The Balaban J connectivity index is 1.61. The molecule has 1 aromatic carbocycles. The number of hydrogen-bond acceptors (Lipinski definition) is 5. The predicted octanol–water partition coefficient (Wildman–Crippen LogP) is 2.68. The molecule has 0 amide bonds. The van der Waals surface area contributed by atoms with Crippen LogP contribution in [0.2, 0.25) is 0 Å². The van der Waals surface area contributed by atoms with Gasteiger partial charge in [0.1, 0.15) is 11.6 Å². The lowest BCUT2D eigenvalue weighted by Gasteiger charge is -2.31. The highest BCUT2D eigenvalue weighted by Gasteiger charge is 2.31. The van der Waals surface area contributed by atoms with Gasteiger partial charge in [-0.25, -0.2) is 0 Å². The van der Waals surface area contributed by atoms with Crippen molar-refractivity contribution in [2.75, 3.05) is 49.8 Å². The summed E-state index contributed by atoms with van der Waals surface area (Å²) in [5.41, 5.74) is 2.15. The molecule has 2 atom stereocenters. The van der Waals surface area contributed by atoms with Gasteiger partial charge >= 0.3 is 0 Å². The van der Waals surface area contributed by atoms with Crippen LogP contribution in [0, 0.1) is 5.92 Å². The van der Waals surface area contributed by atoms with Gasteiger partial charge < -0.3 is 24.3 Å². The Morgan fingerprint density at radius 2 is 2.00 bits per heavy atom. The second kappa shape index (κ2) is 8.27. The number of benzene rings is 1. The highest BCUT2D eigenvalue weighted by molar-refractivity contribution is 5.56. The number of morpholine rings is 1. The summed E-state index contributed by atoms with van der Waals surface area (Å²) in [6.07, 6.45) is 2.00. The quantitative estimate of drug-likeness (QED) is 0.860. The van der Waals surface area contributed by atoms with E-state index in [-0.39, 0.29) is 5.56 Å². The fourth-order valence-electron chi connectivity index (χ4n) is 4.44. The largest absolute Gasteiger partial charge is 0.496 e. The summed E-state index contributed by atoms with van der Waals surface area (Å²) >= 11 is 0. The third-order valence-corrected chi connectivity index (χ3v) is 5.77. The smallest absolute Gasteiger partial charge is 0.251 e. The zero-order chi connectivity index (χ0) is 19.5. The Labute approximate surface area is 166 Å². The summed E-state index contributed by atoms with van der Waals surface area (Å²) in [4.78, 5) is 20.1. The molecule has 2 fully saturated rings. The number of hydrogen-bond donors (Lipinski definition) is 1. The third-order valence-electron chi connectivity index (χ3n) is 5.77. The maximum atomic E-state index is 12.4. The van der Waals surface area contributed by atoms with Gasteiger partial charge in [-0.2, -0.15) is 0 Å². The zero-order valence-electron chi connectivity index (χ0n) is 16.7. The van der Waals surface area contributed by atoms with Crippen LogP contribution in [0.25, 0.3) is 0 Å². The highest BCUT2D eigenvalue weighted by Crippen LogP contribution is 2.32. The average Bonchev–Trinajstić information content (AvgIpc) is 3.09. The van der Waals surface area contributed by atoms with Gasteiger partial charge in [-0.05, 0) is 30.4 Å². The summed E-state index contributed by atoms with van der Waals surface area (Å²) in [6, 6.07) is 12.4. The highest BCUT2D eigenvalue weighted by atomic mass is 16.5. The van der Waals surface area contributed by atoms with Crippen LogP contribution in [0.5, 0.6) is 5.75 Å². The van der Waals surface area contributed by atoms with Crippen molar-refractivity contribution in [2.45, 2.75) is 25.8 Å². The first-order valence-corrected chi connectivity index (χ1v) is 10.1. The first-order valence-electron chi connectivity index (χ1n) is 10.1. The molecule has 2 aliphatic rings. The molecule has 0 spiro atoms. The molecule has 6 nitrogen and oxygen atoms in total. The van der Waals surface area contributed by atoms with E-state index >= 15 is 0 Å². The first-order chi connectivity index (χ1) is 13.6. The van der Waals surface area contributed by atoms with Crippen molar-refractivity contribution in [1.29, 1.82) is 0 Å². The Bertz CT molecular complexity index is 860. The molecular formula is C22H29N3O3. The topological polar surface area (TPSA) is 57.8 Å². The van der Waals surface area contributed by atoms with Gasteiger partial charge in [0, 0.05) is 43.5 Å². The lowest BCUT2D eigenvalue weighted by atomic mass is 10.00. The van der Waals surface area contributed by atoms with Crippen LogP contribution in [0.1, 0.15) is 18.9 Å². The number of H-pyrrole nitrogens is 1. The number of aromatic nitrogens is 1. The van der Waals surface area contributed by atoms with Gasteiger partial charge in [-0.1, -0.05) is 25.1 Å². The lowest BCUT2D eigenvalue weighted by molar-refractivity contribution is 0.122. The number of anilines is 2. The van der Waals surface area contributed by atoms with Gasteiger partial charge in [0.15, 0.2) is 0 Å². The molecule has 1 N–H and O–H groups in total. The number of ether oxygens (including phenoxy) is 2. The summed E-state index contributed by atoms with van der Waals surface area (Å²) in [5.74, 6) is 2.42. The van der Waals surface area contributed by atoms with E-state index in [4.69, 9.17) is 9.47 Å². The molecule has 0 saturated carbocycles. The number of nitrogens with zero attached hydrogens (tertiary/aromatic N) is 2. The number of pyridine rings is 1. The van der Waals surface area contributed by atoms with E-state index in [0.717, 1.165) is 49.7 Å². The molecule has 0 aliphatic carbocycles. The number of rotatable bonds is 5. The van der Waals surface area contributed by atoms with Crippen LogP contribution in [0.3, 0.4) is 0 Å². The molecule has 2 aromatic rings. The van der Waals surface area contributed by atoms with Crippen LogP contribution < -0.4 is 20.1 Å². The SMILES string of the molecule is COc1ccccc1C[C@H]1C[C@@H](C)CN1c1cc(N2CCOCC2)cc(=O)[nH]1. The molecule has 2 aliphatic heterocycles. The molecule has 4 rings (SSSR count). The molecule has 0 radical (unpaired) electrons. The molecular weight excluding hydrogens is 354 g/mol. The third kappa shape index (κ3) is 4.02. The molecule has 2 saturated heterocycles. The average molecular weight is 383 g/mol. The van der Waals surface area contributed by atoms with E-state index in [1.807, 2.05) is 12.1 Å². The van der Waals surface area contributed by atoms with Crippen molar-refractivity contribution in [1.82, 2.24) is 4.98 Å². The minimum absolute atomic E-state index is 0.0467. The number of nitrogens with one attached hydrogen (secondary N) is 1. The van der Waals surface area contributed by atoms with E-state index < -0.39 is 0 Å². The Kier molecular flexibility index (Phi) is 5.57. The minimum atomic E-state index is -0.0467. The van der Waals surface area contributed by atoms with E-state index in [9.17, 15) is 4.79 Å². The Morgan fingerprint density at radius 1 is 1.21 bits per heavy atom. The van der Waals surface area contributed by atoms with Crippen molar-refractivity contribution in [3.63, 3.8) is 0 Å². The molecule has 6 heteroatoms. The Hall–Kier alpha value is -2.47. The van der Waals surface area contributed by atoms with E-state index in [0.29, 0.717) is 25.2 Å². The number of para-hydroxylation sites is 1.